The second kappa shape index (κ2) is 6.97. The van der Waals surface area contributed by atoms with Crippen LogP contribution in [0.25, 0.3) is 11.3 Å². The molecule has 7 nitrogen and oxygen atoms in total. The average molecular weight is 356 g/mol. The zero-order chi connectivity index (χ0) is 18.1. The summed E-state index contributed by atoms with van der Waals surface area (Å²) in [5.41, 5.74) is 3.15. The molecule has 0 saturated carbocycles. The lowest BCUT2D eigenvalue weighted by atomic mass is 10.0. The summed E-state index contributed by atoms with van der Waals surface area (Å²) in [6, 6.07) is 6.73. The molecule has 0 aliphatic carbocycles. The Kier molecular flexibility index (Phi) is 4.52. The van der Waals surface area contributed by atoms with Crippen LogP contribution in [0, 0.1) is 5.82 Å². The molecule has 1 fully saturated rings. The van der Waals surface area contributed by atoms with Gasteiger partial charge >= 0.3 is 0 Å². The third-order valence-electron chi connectivity index (χ3n) is 4.90. The summed E-state index contributed by atoms with van der Waals surface area (Å²) < 4.78 is 21.5. The van der Waals surface area contributed by atoms with Crippen LogP contribution in [0.2, 0.25) is 0 Å². The van der Waals surface area contributed by atoms with Crippen molar-refractivity contribution in [3.8, 4) is 11.3 Å². The lowest BCUT2D eigenvalue weighted by Gasteiger charge is -2.15. The van der Waals surface area contributed by atoms with E-state index in [-0.39, 0.29) is 17.8 Å². The van der Waals surface area contributed by atoms with Gasteiger partial charge in [-0.2, -0.15) is 5.10 Å². The Hall–Kier alpha value is -2.58. The molecule has 1 N–H and O–H groups in total. The zero-order valence-electron chi connectivity index (χ0n) is 14.8. The smallest absolute Gasteiger partial charge is 0.132 e. The Balaban J connectivity index is 1.54. The molecule has 2 aromatic heterocycles. The van der Waals surface area contributed by atoms with Crippen LogP contribution in [0.5, 0.6) is 0 Å². The van der Waals surface area contributed by atoms with Crippen LogP contribution in [-0.2, 0) is 18.3 Å². The van der Waals surface area contributed by atoms with Gasteiger partial charge in [-0.05, 0) is 12.1 Å². The molecule has 0 spiro atoms. The van der Waals surface area contributed by atoms with Crippen LogP contribution in [0.4, 0.5) is 4.39 Å². The molecule has 26 heavy (non-hydrogen) atoms. The number of H-pyrrole nitrogens is 1. The first-order chi connectivity index (χ1) is 12.7. The molecule has 8 heteroatoms. The number of rotatable bonds is 5. The molecular formula is C18H21FN6O. The Morgan fingerprint density at radius 2 is 2.15 bits per heavy atom. The number of aromatic nitrogens is 5. The van der Waals surface area contributed by atoms with Gasteiger partial charge in [0.1, 0.15) is 5.82 Å². The quantitative estimate of drug-likeness (QED) is 0.757. The van der Waals surface area contributed by atoms with E-state index in [1.165, 1.54) is 6.07 Å². The van der Waals surface area contributed by atoms with Crippen LogP contribution in [0.15, 0.2) is 36.7 Å². The molecule has 0 bridgehead atoms. The van der Waals surface area contributed by atoms with E-state index in [1.54, 1.807) is 30.1 Å². The topological polar surface area (TPSA) is 71.9 Å². The van der Waals surface area contributed by atoms with E-state index in [9.17, 15) is 4.39 Å². The van der Waals surface area contributed by atoms with Crippen molar-refractivity contribution in [2.75, 3.05) is 20.2 Å². The average Bonchev–Trinajstić information content (AvgIpc) is 3.35. The summed E-state index contributed by atoms with van der Waals surface area (Å²) in [6.07, 6.45) is 3.75. The molecular weight excluding hydrogens is 335 g/mol. The molecule has 3 aromatic rings. The predicted octanol–water partition coefficient (Wildman–Crippen LogP) is 1.96. The molecule has 3 heterocycles. The van der Waals surface area contributed by atoms with Crippen molar-refractivity contribution < 1.29 is 9.13 Å². The highest BCUT2D eigenvalue weighted by molar-refractivity contribution is 5.63. The van der Waals surface area contributed by atoms with Gasteiger partial charge in [-0.15, -0.1) is 5.10 Å². The van der Waals surface area contributed by atoms with Gasteiger partial charge in [0.05, 0.1) is 23.7 Å². The minimum absolute atomic E-state index is 0.0514. The number of hydrogen-bond acceptors (Lipinski definition) is 5. The number of methoxy groups -OCH3 is 1. The Bertz CT molecular complexity index is 891. The van der Waals surface area contributed by atoms with E-state index >= 15 is 0 Å². The van der Waals surface area contributed by atoms with Crippen molar-refractivity contribution in [2.24, 2.45) is 7.05 Å². The molecule has 0 radical (unpaired) electrons. The largest absolute Gasteiger partial charge is 0.379 e. The van der Waals surface area contributed by atoms with Crippen molar-refractivity contribution in [3.63, 3.8) is 0 Å². The summed E-state index contributed by atoms with van der Waals surface area (Å²) in [4.78, 5) is 2.28. The maximum absolute atomic E-state index is 14.1. The summed E-state index contributed by atoms with van der Waals surface area (Å²) >= 11 is 0. The van der Waals surface area contributed by atoms with E-state index < -0.39 is 0 Å². The highest BCUT2D eigenvalue weighted by Gasteiger charge is 2.36. The fraction of sp³-hybridized carbons (Fsp3) is 0.389. The van der Waals surface area contributed by atoms with Crippen LogP contribution in [0.3, 0.4) is 0 Å². The summed E-state index contributed by atoms with van der Waals surface area (Å²) in [7, 11) is 3.58. The summed E-state index contributed by atoms with van der Waals surface area (Å²) in [5.74, 6) is -0.0934. The molecule has 0 amide bonds. The van der Waals surface area contributed by atoms with Gasteiger partial charge in [0.15, 0.2) is 0 Å². The van der Waals surface area contributed by atoms with Gasteiger partial charge in [-0.3, -0.25) is 14.7 Å². The maximum atomic E-state index is 14.1. The number of aryl methyl sites for hydroxylation is 1. The van der Waals surface area contributed by atoms with Gasteiger partial charge in [0, 0.05) is 57.0 Å². The van der Waals surface area contributed by atoms with E-state index in [4.69, 9.17) is 4.74 Å². The maximum Gasteiger partial charge on any atom is 0.132 e. The second-order valence-corrected chi connectivity index (χ2v) is 6.64. The predicted molar refractivity (Wildman–Crippen MR) is 93.8 cm³/mol. The van der Waals surface area contributed by atoms with Gasteiger partial charge < -0.3 is 4.74 Å². The van der Waals surface area contributed by atoms with Gasteiger partial charge in [0.2, 0.25) is 0 Å². The number of benzene rings is 1. The molecule has 1 aromatic carbocycles. The number of hydrogen-bond donors (Lipinski definition) is 1. The Morgan fingerprint density at radius 3 is 2.88 bits per heavy atom. The fourth-order valence-electron chi connectivity index (χ4n) is 3.61. The first kappa shape index (κ1) is 16.9. The lowest BCUT2D eigenvalue weighted by Crippen LogP contribution is -2.22. The van der Waals surface area contributed by atoms with Crippen LogP contribution in [-0.4, -0.2) is 56.4 Å². The van der Waals surface area contributed by atoms with Crippen molar-refractivity contribution in [3.05, 3.63) is 53.7 Å². The number of nitrogens with zero attached hydrogens (tertiary/aromatic N) is 5. The van der Waals surface area contributed by atoms with Crippen molar-refractivity contribution in [1.82, 2.24) is 30.1 Å². The zero-order valence-corrected chi connectivity index (χ0v) is 14.8. The monoisotopic (exact) mass is 356 g/mol. The normalized spacial score (nSPS) is 20.7. The lowest BCUT2D eigenvalue weighted by molar-refractivity contribution is 0.0957. The fourth-order valence-corrected chi connectivity index (χ4v) is 3.61. The van der Waals surface area contributed by atoms with Gasteiger partial charge in [-0.25, -0.2) is 4.39 Å². The minimum atomic E-state index is -0.258. The van der Waals surface area contributed by atoms with Crippen LogP contribution in [0.1, 0.15) is 17.2 Å². The Labute approximate surface area is 150 Å². The van der Waals surface area contributed by atoms with Gasteiger partial charge in [-0.1, -0.05) is 17.3 Å². The van der Waals surface area contributed by atoms with Crippen molar-refractivity contribution >= 4 is 0 Å². The molecule has 1 aliphatic heterocycles. The SMILES string of the molecule is CO[C@@H]1CN(Cc2cn[nH]c2-c2ccccc2F)C[C@H]1c1cn(C)nn1. The van der Waals surface area contributed by atoms with Gasteiger partial charge in [0.25, 0.3) is 0 Å². The van der Waals surface area contributed by atoms with E-state index in [0.29, 0.717) is 12.1 Å². The first-order valence-electron chi connectivity index (χ1n) is 8.54. The number of nitrogens with one attached hydrogen (secondary N) is 1. The minimum Gasteiger partial charge on any atom is -0.379 e. The summed E-state index contributed by atoms with van der Waals surface area (Å²) in [5, 5.41) is 15.3. The van der Waals surface area contributed by atoms with Crippen LogP contribution < -0.4 is 0 Å². The Morgan fingerprint density at radius 1 is 1.31 bits per heavy atom. The molecule has 1 aliphatic rings. The van der Waals surface area contributed by atoms with E-state index in [2.05, 4.69) is 25.4 Å². The summed E-state index contributed by atoms with van der Waals surface area (Å²) in [6.45, 7) is 2.25. The number of likely N-dealkylation sites (tertiary alicyclic amines) is 1. The molecule has 0 unspecified atom stereocenters. The van der Waals surface area contributed by atoms with Crippen LogP contribution >= 0.6 is 0 Å². The third kappa shape index (κ3) is 3.13. The second-order valence-electron chi connectivity index (χ2n) is 6.64. The molecule has 1 saturated heterocycles. The first-order valence-corrected chi connectivity index (χ1v) is 8.54. The van der Waals surface area contributed by atoms with Crippen molar-refractivity contribution in [2.45, 2.75) is 18.6 Å². The molecule has 4 rings (SSSR count). The van der Waals surface area contributed by atoms with Crippen molar-refractivity contribution in [1.29, 1.82) is 0 Å². The molecule has 136 valence electrons. The van der Waals surface area contributed by atoms with E-state index in [1.807, 2.05) is 19.3 Å². The number of ether oxygens (including phenoxy) is 1. The number of aromatic amines is 1. The highest BCUT2D eigenvalue weighted by atomic mass is 19.1. The highest BCUT2D eigenvalue weighted by Crippen LogP contribution is 2.31. The third-order valence-corrected chi connectivity index (χ3v) is 4.90. The van der Waals surface area contributed by atoms with E-state index in [0.717, 1.165) is 30.0 Å². The standard InChI is InChI=1S/C18H21FN6O/c1-24-10-16(21-23-24)14-9-25(11-17(14)26-2)8-12-7-20-22-18(12)13-5-3-4-6-15(13)19/h3-7,10,14,17H,8-9,11H2,1-2H3,(H,20,22)/t14-,17+/m0/s1. The number of halogens is 1. The molecule has 2 atom stereocenters.